The minimum atomic E-state index is -0.0683. The molecule has 0 bridgehead atoms. The summed E-state index contributed by atoms with van der Waals surface area (Å²) in [6.45, 7) is 5.86. The second-order valence-electron chi connectivity index (χ2n) is 7.46. The van der Waals surface area contributed by atoms with Gasteiger partial charge in [0, 0.05) is 51.4 Å². The molecule has 1 atom stereocenters. The number of aromatic nitrogens is 4. The van der Waals surface area contributed by atoms with Gasteiger partial charge in [-0.3, -0.25) is 19.2 Å². The van der Waals surface area contributed by atoms with Crippen molar-refractivity contribution in [1.29, 1.82) is 0 Å². The van der Waals surface area contributed by atoms with Crippen molar-refractivity contribution in [2.75, 3.05) is 24.5 Å². The molecule has 29 heavy (non-hydrogen) atoms. The van der Waals surface area contributed by atoms with E-state index in [2.05, 4.69) is 57.0 Å². The van der Waals surface area contributed by atoms with E-state index in [0.717, 1.165) is 32.6 Å². The number of nitrogens with one attached hydrogen (secondary N) is 1. The van der Waals surface area contributed by atoms with E-state index >= 15 is 0 Å². The van der Waals surface area contributed by atoms with Gasteiger partial charge in [0.1, 0.15) is 5.69 Å². The van der Waals surface area contributed by atoms with E-state index in [1.807, 2.05) is 6.07 Å². The molecule has 1 aliphatic heterocycles. The first-order chi connectivity index (χ1) is 14.2. The number of hydrogen-bond donors (Lipinski definition) is 0. The minimum Gasteiger partial charge on any atom is -0.337 e. The molecule has 0 unspecified atom stereocenters. The molecule has 1 saturated heterocycles. The molecule has 7 heteroatoms. The average Bonchev–Trinajstić information content (AvgIpc) is 2.77. The monoisotopic (exact) mass is 391 g/mol. The predicted octanol–water partition coefficient (Wildman–Crippen LogP) is 1.76. The van der Waals surface area contributed by atoms with Crippen molar-refractivity contribution < 1.29 is 4.98 Å². The Morgan fingerprint density at radius 3 is 2.69 bits per heavy atom. The Kier molecular flexibility index (Phi) is 5.67. The molecule has 0 saturated carbocycles. The summed E-state index contributed by atoms with van der Waals surface area (Å²) in [4.78, 5) is 29.4. The fourth-order valence-electron chi connectivity index (χ4n) is 3.90. The summed E-state index contributed by atoms with van der Waals surface area (Å²) in [7, 11) is 1.80. The van der Waals surface area contributed by atoms with Crippen LogP contribution in [0.25, 0.3) is 11.4 Å². The highest BCUT2D eigenvalue weighted by molar-refractivity contribution is 5.55. The highest BCUT2D eigenvalue weighted by Crippen LogP contribution is 2.22. The van der Waals surface area contributed by atoms with Gasteiger partial charge in [-0.05, 0) is 17.0 Å². The van der Waals surface area contributed by atoms with Gasteiger partial charge in [-0.15, -0.1) is 0 Å². The van der Waals surface area contributed by atoms with Gasteiger partial charge in [0.05, 0.1) is 6.20 Å². The van der Waals surface area contributed by atoms with Crippen LogP contribution in [0.4, 0.5) is 5.95 Å². The smallest absolute Gasteiger partial charge is 0.284 e. The Balaban J connectivity index is 1.59. The minimum absolute atomic E-state index is 0.0683. The summed E-state index contributed by atoms with van der Waals surface area (Å²) < 4.78 is 1.65. The average molecular weight is 391 g/mol. The summed E-state index contributed by atoms with van der Waals surface area (Å²) in [6, 6.07) is 14.3. The number of piperazine rings is 1. The van der Waals surface area contributed by atoms with E-state index < -0.39 is 0 Å². The zero-order valence-corrected chi connectivity index (χ0v) is 17.0. The van der Waals surface area contributed by atoms with Gasteiger partial charge in [-0.2, -0.15) is 0 Å². The highest BCUT2D eigenvalue weighted by Gasteiger charge is 2.29. The second-order valence-corrected chi connectivity index (χ2v) is 7.46. The van der Waals surface area contributed by atoms with Crippen LogP contribution in [-0.2, 0) is 13.6 Å². The molecule has 1 aromatic carbocycles. The zero-order chi connectivity index (χ0) is 20.2. The lowest BCUT2D eigenvalue weighted by Gasteiger charge is -2.42. The van der Waals surface area contributed by atoms with Gasteiger partial charge in [-0.25, -0.2) is 4.98 Å². The van der Waals surface area contributed by atoms with Crippen molar-refractivity contribution in [3.8, 4) is 11.4 Å². The van der Waals surface area contributed by atoms with Crippen molar-refractivity contribution in [2.45, 2.75) is 25.9 Å². The van der Waals surface area contributed by atoms with Crippen LogP contribution in [0, 0.1) is 0 Å². The van der Waals surface area contributed by atoms with Gasteiger partial charge in [0.15, 0.2) is 0 Å². The zero-order valence-electron chi connectivity index (χ0n) is 17.0. The molecule has 1 N–H and O–H groups in total. The Morgan fingerprint density at radius 1 is 1.14 bits per heavy atom. The molecule has 0 aliphatic carbocycles. The number of nitrogens with zero attached hydrogens (tertiary/aromatic N) is 5. The molecule has 3 aromatic rings. The van der Waals surface area contributed by atoms with Gasteiger partial charge in [-0.1, -0.05) is 37.3 Å². The Bertz CT molecular complexity index is 1000. The largest absolute Gasteiger partial charge is 0.337 e. The topological polar surface area (TPSA) is 68.4 Å². The summed E-state index contributed by atoms with van der Waals surface area (Å²) >= 11 is 0. The van der Waals surface area contributed by atoms with Crippen LogP contribution in [0.1, 0.15) is 18.9 Å². The number of rotatable bonds is 5. The van der Waals surface area contributed by atoms with E-state index in [4.69, 9.17) is 4.98 Å². The van der Waals surface area contributed by atoms with Crippen LogP contribution in [0.2, 0.25) is 0 Å². The molecule has 150 valence electrons. The maximum absolute atomic E-state index is 12.6. The molecule has 4 rings (SSSR count). The van der Waals surface area contributed by atoms with Crippen molar-refractivity contribution in [2.24, 2.45) is 7.05 Å². The summed E-state index contributed by atoms with van der Waals surface area (Å²) in [5.74, 6) is 0.716. The third-order valence-corrected chi connectivity index (χ3v) is 5.53. The standard InChI is InChI=1S/C22H26N6O/c1-3-18-15-27(14-17-7-5-4-6-8-17)11-12-28(18)22-25-20(13-21(29)26(22)2)19-9-10-23-16-24-19/h4-10,13,16,18H,3,11-12,14-15H2,1-2H3/p+1/t18-/m1/s1. The summed E-state index contributed by atoms with van der Waals surface area (Å²) in [6.07, 6.45) is 4.38. The first kappa shape index (κ1) is 19.3. The van der Waals surface area contributed by atoms with Crippen molar-refractivity contribution in [3.05, 3.63) is 70.9 Å². The first-order valence-corrected chi connectivity index (χ1v) is 10.1. The van der Waals surface area contributed by atoms with Gasteiger partial charge < -0.3 is 4.90 Å². The lowest BCUT2D eigenvalue weighted by atomic mass is 10.1. The van der Waals surface area contributed by atoms with E-state index in [9.17, 15) is 4.79 Å². The molecule has 0 radical (unpaired) electrons. The normalized spacial score (nSPS) is 17.4. The van der Waals surface area contributed by atoms with E-state index in [0.29, 0.717) is 23.4 Å². The van der Waals surface area contributed by atoms with Crippen molar-refractivity contribution >= 4 is 5.95 Å². The number of anilines is 1. The Morgan fingerprint density at radius 2 is 1.97 bits per heavy atom. The molecule has 0 amide bonds. The summed E-state index contributed by atoms with van der Waals surface area (Å²) in [5, 5.41) is 0. The Labute approximate surface area is 170 Å². The molecule has 2 aromatic heterocycles. The van der Waals surface area contributed by atoms with Crippen LogP contribution in [-0.4, -0.2) is 45.1 Å². The van der Waals surface area contributed by atoms with Crippen LogP contribution < -0.4 is 15.4 Å². The Hall–Kier alpha value is -3.06. The number of benzene rings is 1. The molecule has 0 spiro atoms. The lowest BCUT2D eigenvalue weighted by molar-refractivity contribution is -0.382. The second kappa shape index (κ2) is 8.53. The van der Waals surface area contributed by atoms with E-state index in [1.54, 1.807) is 30.2 Å². The molecule has 1 fully saturated rings. The first-order valence-electron chi connectivity index (χ1n) is 10.1. The van der Waals surface area contributed by atoms with Crippen LogP contribution in [0.5, 0.6) is 0 Å². The number of hydrogen-bond acceptors (Lipinski definition) is 5. The highest BCUT2D eigenvalue weighted by atomic mass is 16.1. The third-order valence-electron chi connectivity index (χ3n) is 5.53. The van der Waals surface area contributed by atoms with Crippen molar-refractivity contribution in [1.82, 2.24) is 19.4 Å². The molecular weight excluding hydrogens is 364 g/mol. The number of aromatic amines is 1. The van der Waals surface area contributed by atoms with Crippen LogP contribution >= 0.6 is 0 Å². The molecular formula is C22H27N6O+. The SMILES string of the molecule is CC[C@@H]1CN(Cc2ccccc2)CCN1c1nc(-c2cc[nH+]cn2)cc(=O)n1C. The lowest BCUT2D eigenvalue weighted by Crippen LogP contribution is -2.54. The maximum atomic E-state index is 12.6. The van der Waals surface area contributed by atoms with Gasteiger partial charge in [0.2, 0.25) is 11.6 Å². The van der Waals surface area contributed by atoms with Gasteiger partial charge in [0.25, 0.3) is 11.9 Å². The van der Waals surface area contributed by atoms with Crippen molar-refractivity contribution in [3.63, 3.8) is 0 Å². The van der Waals surface area contributed by atoms with E-state index in [1.165, 1.54) is 5.56 Å². The quantitative estimate of drug-likeness (QED) is 0.663. The van der Waals surface area contributed by atoms with E-state index in [-0.39, 0.29) is 5.56 Å². The molecule has 3 heterocycles. The molecule has 7 nitrogen and oxygen atoms in total. The summed E-state index contributed by atoms with van der Waals surface area (Å²) in [5.41, 5.74) is 2.56. The molecule has 1 aliphatic rings. The fraction of sp³-hybridized carbons (Fsp3) is 0.364. The van der Waals surface area contributed by atoms with Crippen LogP contribution in [0.3, 0.4) is 0 Å². The van der Waals surface area contributed by atoms with Crippen LogP contribution in [0.15, 0.2) is 59.8 Å². The predicted molar refractivity (Wildman–Crippen MR) is 112 cm³/mol. The third kappa shape index (κ3) is 4.19. The van der Waals surface area contributed by atoms with Gasteiger partial charge >= 0.3 is 0 Å². The fourth-order valence-corrected chi connectivity index (χ4v) is 3.90. The maximum Gasteiger partial charge on any atom is 0.284 e. The number of H-pyrrole nitrogens is 1.